The minimum absolute atomic E-state index is 0. The van der Waals surface area contributed by atoms with E-state index in [4.69, 9.17) is 0 Å². The Labute approximate surface area is 60.7 Å². The Kier molecular flexibility index (Phi) is 13.4. The van der Waals surface area contributed by atoms with Gasteiger partial charge in [0.1, 0.15) is 0 Å². The van der Waals surface area contributed by atoms with E-state index in [1.54, 1.807) is 18.7 Å². The van der Waals surface area contributed by atoms with E-state index in [2.05, 4.69) is 21.6 Å². The van der Waals surface area contributed by atoms with Crippen molar-refractivity contribution in [2.75, 3.05) is 6.38 Å². The van der Waals surface area contributed by atoms with Crippen LogP contribution in [0.2, 0.25) is 0 Å². The summed E-state index contributed by atoms with van der Waals surface area (Å²) in [7, 11) is 0. The second kappa shape index (κ2) is 9.97. The lowest BCUT2D eigenvalue weighted by atomic mass is 11.0. The van der Waals surface area contributed by atoms with Crippen molar-refractivity contribution in [2.24, 2.45) is 0 Å². The summed E-state index contributed by atoms with van der Waals surface area (Å²) in [5.74, 6) is 0. The summed E-state index contributed by atoms with van der Waals surface area (Å²) in [5.41, 5.74) is 0. The first-order chi connectivity index (χ1) is 3.50. The molecule has 1 aromatic rings. The van der Waals surface area contributed by atoms with E-state index in [0.29, 0.717) is 0 Å². The maximum absolute atomic E-state index is 4.64. The number of nitrogens with zero attached hydrogens (tertiary/aromatic N) is 1. The molecular formula is C4H9ClN2S. The molecule has 0 radical (unpaired) electrons. The van der Waals surface area contributed by atoms with Crippen LogP contribution in [-0.2, 0) is 0 Å². The van der Waals surface area contributed by atoms with E-state index >= 15 is 0 Å². The average molecular weight is 153 g/mol. The molecule has 4 heteroatoms. The van der Waals surface area contributed by atoms with E-state index in [-0.39, 0.29) is 13.5 Å². The van der Waals surface area contributed by atoms with Crippen LogP contribution in [0.3, 0.4) is 0 Å². The van der Waals surface area contributed by atoms with Crippen molar-refractivity contribution in [2.45, 2.75) is 0 Å². The Morgan fingerprint density at radius 2 is 2.12 bits per heavy atom. The molecule has 0 aliphatic heterocycles. The first kappa shape index (κ1) is 10.8. The number of hydrogen-bond acceptors (Lipinski definition) is 1. The van der Waals surface area contributed by atoms with Crippen molar-refractivity contribution in [3.8, 4) is 0 Å². The highest BCUT2D eigenvalue weighted by Gasteiger charge is 1.56. The van der Waals surface area contributed by atoms with Crippen LogP contribution in [-0.4, -0.2) is 16.4 Å². The molecule has 0 fully saturated rings. The summed E-state index contributed by atoms with van der Waals surface area (Å²) in [6.07, 6.45) is 6.56. The van der Waals surface area contributed by atoms with E-state index < -0.39 is 0 Å². The minimum Gasteiger partial charge on any atom is -0.351 e. The highest BCUT2D eigenvalue weighted by molar-refractivity contribution is 7.59. The van der Waals surface area contributed by atoms with Crippen LogP contribution in [0, 0.1) is 0 Å². The molecule has 0 atom stereocenters. The van der Waals surface area contributed by atoms with Crippen molar-refractivity contribution >= 4 is 25.1 Å². The van der Waals surface area contributed by atoms with Crippen LogP contribution in [0.5, 0.6) is 0 Å². The van der Waals surface area contributed by atoms with Crippen LogP contribution in [0.25, 0.3) is 0 Å². The maximum atomic E-state index is 4.64. The van der Waals surface area contributed by atoms with E-state index in [1.165, 1.54) is 6.38 Å². The number of imidazole rings is 1. The standard InChI is InChI=1S/C3H4N2.CH3Cl.H2S/c1-2-5-3-4-1;1-2;/h1-3H,(H,4,5);1H3;1H2. The van der Waals surface area contributed by atoms with Crippen molar-refractivity contribution in [1.82, 2.24) is 9.97 Å². The number of aromatic amines is 1. The largest absolute Gasteiger partial charge is 0.351 e. The van der Waals surface area contributed by atoms with Crippen molar-refractivity contribution in [3.63, 3.8) is 0 Å². The summed E-state index contributed by atoms with van der Waals surface area (Å²) < 4.78 is 0. The molecule has 2 nitrogen and oxygen atoms in total. The molecule has 0 unspecified atom stereocenters. The Morgan fingerprint density at radius 1 is 1.50 bits per heavy atom. The zero-order chi connectivity index (χ0) is 5.54. The van der Waals surface area contributed by atoms with Gasteiger partial charge < -0.3 is 4.98 Å². The van der Waals surface area contributed by atoms with Crippen LogP contribution in [0.4, 0.5) is 0 Å². The molecule has 1 rings (SSSR count). The normalized spacial score (nSPS) is 5.75. The van der Waals surface area contributed by atoms with E-state index in [0.717, 1.165) is 0 Å². The molecular weight excluding hydrogens is 144 g/mol. The van der Waals surface area contributed by atoms with Gasteiger partial charge in [-0.2, -0.15) is 13.5 Å². The number of H-pyrrole nitrogens is 1. The van der Waals surface area contributed by atoms with Gasteiger partial charge in [-0.15, -0.1) is 11.6 Å². The van der Waals surface area contributed by atoms with Crippen molar-refractivity contribution in [3.05, 3.63) is 18.7 Å². The van der Waals surface area contributed by atoms with Gasteiger partial charge in [0, 0.05) is 18.8 Å². The average Bonchev–Trinajstić information content (AvgIpc) is 2.23. The summed E-state index contributed by atoms with van der Waals surface area (Å²) in [4.78, 5) is 6.42. The number of rotatable bonds is 0. The van der Waals surface area contributed by atoms with Gasteiger partial charge in [-0.25, -0.2) is 4.98 Å². The van der Waals surface area contributed by atoms with Gasteiger partial charge in [-0.1, -0.05) is 0 Å². The zero-order valence-corrected chi connectivity index (χ0v) is 6.31. The first-order valence-electron chi connectivity index (χ1n) is 1.81. The molecule has 1 N–H and O–H groups in total. The maximum Gasteiger partial charge on any atom is 0.0919 e. The molecule has 0 aliphatic rings. The Bertz CT molecular complexity index is 70.5. The van der Waals surface area contributed by atoms with Gasteiger partial charge in [0.15, 0.2) is 0 Å². The summed E-state index contributed by atoms with van der Waals surface area (Å²) in [5, 5.41) is 0. The van der Waals surface area contributed by atoms with Crippen LogP contribution in [0.15, 0.2) is 18.7 Å². The topological polar surface area (TPSA) is 28.7 Å². The Morgan fingerprint density at radius 3 is 2.25 bits per heavy atom. The quantitative estimate of drug-likeness (QED) is 0.559. The Balaban J connectivity index is 0. The van der Waals surface area contributed by atoms with Crippen LogP contribution < -0.4 is 0 Å². The lowest BCUT2D eigenvalue weighted by Crippen LogP contribution is -1.44. The number of hydrogen-bond donors (Lipinski definition) is 1. The lowest BCUT2D eigenvalue weighted by Gasteiger charge is -1.46. The Hall–Kier alpha value is -0.150. The molecule has 0 aliphatic carbocycles. The SMILES string of the molecule is CCl.S.c1c[nH]cn1. The molecule has 8 heavy (non-hydrogen) atoms. The van der Waals surface area contributed by atoms with Gasteiger partial charge in [0.25, 0.3) is 0 Å². The van der Waals surface area contributed by atoms with Gasteiger partial charge in [-0.3, -0.25) is 0 Å². The van der Waals surface area contributed by atoms with Gasteiger partial charge in [0.2, 0.25) is 0 Å². The van der Waals surface area contributed by atoms with Crippen molar-refractivity contribution in [1.29, 1.82) is 0 Å². The lowest BCUT2D eigenvalue weighted by molar-refractivity contribution is 1.31. The molecule has 0 spiro atoms. The van der Waals surface area contributed by atoms with Crippen LogP contribution in [0.1, 0.15) is 0 Å². The monoisotopic (exact) mass is 152 g/mol. The fourth-order valence-corrected chi connectivity index (χ4v) is 0.215. The molecule has 0 saturated carbocycles. The molecule has 0 bridgehead atoms. The summed E-state index contributed by atoms with van der Waals surface area (Å²) >= 11 is 4.64. The van der Waals surface area contributed by atoms with Gasteiger partial charge in [-0.05, 0) is 0 Å². The molecule has 0 aromatic carbocycles. The van der Waals surface area contributed by atoms with E-state index in [9.17, 15) is 0 Å². The molecule has 0 amide bonds. The second-order valence-corrected chi connectivity index (χ2v) is 0.761. The highest BCUT2D eigenvalue weighted by Crippen LogP contribution is 1.62. The molecule has 0 saturated heterocycles. The first-order valence-corrected chi connectivity index (χ1v) is 2.56. The minimum atomic E-state index is 0. The third-order valence-electron chi connectivity index (χ3n) is 0.406. The fraction of sp³-hybridized carbons (Fsp3) is 0.250. The van der Waals surface area contributed by atoms with Crippen LogP contribution >= 0.6 is 25.1 Å². The zero-order valence-electron chi connectivity index (χ0n) is 4.56. The molecule has 1 heterocycles. The third kappa shape index (κ3) is 5.85. The third-order valence-corrected chi connectivity index (χ3v) is 0.406. The highest BCUT2D eigenvalue weighted by atomic mass is 35.5. The van der Waals surface area contributed by atoms with Gasteiger partial charge in [0.05, 0.1) is 6.33 Å². The number of alkyl halides is 1. The predicted molar refractivity (Wildman–Crippen MR) is 40.7 cm³/mol. The summed E-state index contributed by atoms with van der Waals surface area (Å²) in [6, 6.07) is 0. The number of nitrogens with one attached hydrogen (secondary N) is 1. The summed E-state index contributed by atoms with van der Waals surface area (Å²) in [6.45, 7) is 0. The van der Waals surface area contributed by atoms with E-state index in [1.807, 2.05) is 0 Å². The smallest absolute Gasteiger partial charge is 0.0919 e. The molecule has 48 valence electrons. The van der Waals surface area contributed by atoms with Crippen molar-refractivity contribution < 1.29 is 0 Å². The predicted octanol–water partition coefficient (Wildman–Crippen LogP) is 1.38. The fourth-order valence-electron chi connectivity index (χ4n) is 0.215. The number of halogens is 1. The molecule has 1 aromatic heterocycles. The number of aromatic nitrogens is 2. The second-order valence-electron chi connectivity index (χ2n) is 0.761. The van der Waals surface area contributed by atoms with Gasteiger partial charge >= 0.3 is 0 Å².